The molecule has 0 radical (unpaired) electrons. The minimum atomic E-state index is 0.470. The lowest BCUT2D eigenvalue weighted by Gasteiger charge is -2.29. The van der Waals surface area contributed by atoms with E-state index in [2.05, 4.69) is 19.2 Å². The quantitative estimate of drug-likeness (QED) is 0.636. The van der Waals surface area contributed by atoms with E-state index in [9.17, 15) is 0 Å². The monoisotopic (exact) mass is 240 g/mol. The van der Waals surface area contributed by atoms with Crippen molar-refractivity contribution in [3.63, 3.8) is 0 Å². The van der Waals surface area contributed by atoms with E-state index in [1.54, 1.807) is 0 Å². The van der Waals surface area contributed by atoms with E-state index in [0.717, 1.165) is 6.04 Å². The first-order valence-electron chi connectivity index (χ1n) is 7.74. The average molecular weight is 240 g/mol. The van der Waals surface area contributed by atoms with Crippen LogP contribution in [0.1, 0.15) is 78.1 Å². The molecule has 0 amide bonds. The summed E-state index contributed by atoms with van der Waals surface area (Å²) in [5.41, 5.74) is 5.93. The molecule has 0 aromatic rings. The average Bonchev–Trinajstić information content (AvgIpc) is 2.32. The number of hydrogen-bond donors (Lipinski definition) is 2. The van der Waals surface area contributed by atoms with Crippen molar-refractivity contribution in [2.75, 3.05) is 0 Å². The van der Waals surface area contributed by atoms with Crippen LogP contribution in [0.25, 0.3) is 0 Å². The minimum Gasteiger partial charge on any atom is -0.328 e. The minimum absolute atomic E-state index is 0.470. The molecule has 0 spiro atoms. The summed E-state index contributed by atoms with van der Waals surface area (Å²) in [4.78, 5) is 0. The van der Waals surface area contributed by atoms with Gasteiger partial charge >= 0.3 is 0 Å². The molecule has 0 bridgehead atoms. The van der Waals surface area contributed by atoms with Crippen LogP contribution in [-0.2, 0) is 0 Å². The van der Waals surface area contributed by atoms with Gasteiger partial charge in [-0.15, -0.1) is 0 Å². The van der Waals surface area contributed by atoms with Gasteiger partial charge < -0.3 is 11.1 Å². The number of unbranched alkanes of at least 4 members (excludes halogenated alkanes) is 4. The second kappa shape index (κ2) is 8.93. The van der Waals surface area contributed by atoms with Crippen LogP contribution in [0.4, 0.5) is 0 Å². The predicted molar refractivity (Wildman–Crippen MR) is 76.2 cm³/mol. The zero-order valence-corrected chi connectivity index (χ0v) is 11.9. The molecule has 102 valence electrons. The maximum absolute atomic E-state index is 5.93. The SMILES string of the molecule is CCCCCCCC(C)NC1CCC(N)CC1. The second-order valence-corrected chi connectivity index (χ2v) is 5.88. The summed E-state index contributed by atoms with van der Waals surface area (Å²) in [6, 6.07) is 1.90. The summed E-state index contributed by atoms with van der Waals surface area (Å²) in [5, 5.41) is 3.77. The fraction of sp³-hybridized carbons (Fsp3) is 1.00. The molecular formula is C15H32N2. The van der Waals surface area contributed by atoms with Gasteiger partial charge in [0.15, 0.2) is 0 Å². The summed E-state index contributed by atoms with van der Waals surface area (Å²) in [6.07, 6.45) is 13.3. The van der Waals surface area contributed by atoms with Crippen LogP contribution in [0, 0.1) is 0 Å². The largest absolute Gasteiger partial charge is 0.328 e. The van der Waals surface area contributed by atoms with Crippen LogP contribution < -0.4 is 11.1 Å². The van der Waals surface area contributed by atoms with E-state index in [-0.39, 0.29) is 0 Å². The van der Waals surface area contributed by atoms with Crippen molar-refractivity contribution in [1.29, 1.82) is 0 Å². The van der Waals surface area contributed by atoms with Gasteiger partial charge in [-0.25, -0.2) is 0 Å². The molecule has 0 aromatic carbocycles. The first-order chi connectivity index (χ1) is 8.22. The van der Waals surface area contributed by atoms with Gasteiger partial charge in [0, 0.05) is 18.1 Å². The normalized spacial score (nSPS) is 27.0. The summed E-state index contributed by atoms with van der Waals surface area (Å²) in [6.45, 7) is 4.62. The van der Waals surface area contributed by atoms with Crippen molar-refractivity contribution >= 4 is 0 Å². The van der Waals surface area contributed by atoms with Gasteiger partial charge in [-0.3, -0.25) is 0 Å². The van der Waals surface area contributed by atoms with Crippen LogP contribution in [0.15, 0.2) is 0 Å². The highest BCUT2D eigenvalue weighted by Crippen LogP contribution is 2.18. The molecule has 0 aromatic heterocycles. The molecule has 1 rings (SSSR count). The second-order valence-electron chi connectivity index (χ2n) is 5.88. The molecule has 1 fully saturated rings. The summed E-state index contributed by atoms with van der Waals surface area (Å²) in [7, 11) is 0. The maximum atomic E-state index is 5.93. The van der Waals surface area contributed by atoms with E-state index in [0.29, 0.717) is 12.1 Å². The van der Waals surface area contributed by atoms with Crippen molar-refractivity contribution in [2.24, 2.45) is 5.73 Å². The van der Waals surface area contributed by atoms with Crippen LogP contribution in [-0.4, -0.2) is 18.1 Å². The number of rotatable bonds is 8. The standard InChI is InChI=1S/C15H32N2/c1-3-4-5-6-7-8-13(2)17-15-11-9-14(16)10-12-15/h13-15,17H,3-12,16H2,1-2H3. The molecule has 1 atom stereocenters. The Bertz CT molecular complexity index is 174. The molecule has 2 heteroatoms. The van der Waals surface area contributed by atoms with Gasteiger partial charge in [0.1, 0.15) is 0 Å². The van der Waals surface area contributed by atoms with Crippen LogP contribution in [0.2, 0.25) is 0 Å². The van der Waals surface area contributed by atoms with Crippen LogP contribution in [0.5, 0.6) is 0 Å². The Morgan fingerprint density at radius 2 is 1.71 bits per heavy atom. The summed E-state index contributed by atoms with van der Waals surface area (Å²) in [5.74, 6) is 0. The zero-order valence-electron chi connectivity index (χ0n) is 11.9. The van der Waals surface area contributed by atoms with E-state index < -0.39 is 0 Å². The molecule has 0 saturated heterocycles. The third-order valence-electron chi connectivity index (χ3n) is 4.03. The zero-order chi connectivity index (χ0) is 12.5. The first kappa shape index (κ1) is 15.0. The smallest absolute Gasteiger partial charge is 0.00706 e. The Morgan fingerprint density at radius 1 is 1.06 bits per heavy atom. The Kier molecular flexibility index (Phi) is 7.87. The van der Waals surface area contributed by atoms with Gasteiger partial charge in [-0.2, -0.15) is 0 Å². The summed E-state index contributed by atoms with van der Waals surface area (Å²) < 4.78 is 0. The first-order valence-corrected chi connectivity index (χ1v) is 7.74. The molecule has 0 aliphatic heterocycles. The van der Waals surface area contributed by atoms with E-state index >= 15 is 0 Å². The van der Waals surface area contributed by atoms with E-state index in [1.807, 2.05) is 0 Å². The van der Waals surface area contributed by atoms with Crippen molar-refractivity contribution < 1.29 is 0 Å². The van der Waals surface area contributed by atoms with Gasteiger partial charge in [0.25, 0.3) is 0 Å². The molecule has 1 unspecified atom stereocenters. The molecule has 1 aliphatic rings. The molecule has 1 saturated carbocycles. The highest BCUT2D eigenvalue weighted by atomic mass is 14.9. The molecule has 2 nitrogen and oxygen atoms in total. The topological polar surface area (TPSA) is 38.0 Å². The molecule has 3 N–H and O–H groups in total. The van der Waals surface area contributed by atoms with Crippen molar-refractivity contribution in [2.45, 2.75) is 96.2 Å². The van der Waals surface area contributed by atoms with E-state index in [4.69, 9.17) is 5.73 Å². The molecule has 0 heterocycles. The van der Waals surface area contributed by atoms with Crippen LogP contribution in [0.3, 0.4) is 0 Å². The highest BCUT2D eigenvalue weighted by molar-refractivity contribution is 4.80. The number of nitrogens with two attached hydrogens (primary N) is 1. The lowest BCUT2D eigenvalue weighted by molar-refractivity contribution is 0.311. The Labute approximate surface area is 108 Å². The molecule has 1 aliphatic carbocycles. The highest BCUT2D eigenvalue weighted by Gasteiger charge is 2.19. The fourth-order valence-corrected chi connectivity index (χ4v) is 2.83. The van der Waals surface area contributed by atoms with Gasteiger partial charge in [-0.05, 0) is 39.0 Å². The molecule has 17 heavy (non-hydrogen) atoms. The number of hydrogen-bond acceptors (Lipinski definition) is 2. The van der Waals surface area contributed by atoms with Gasteiger partial charge in [0.05, 0.1) is 0 Å². The third kappa shape index (κ3) is 7.05. The maximum Gasteiger partial charge on any atom is 0.00706 e. The van der Waals surface area contributed by atoms with Crippen molar-refractivity contribution in [3.05, 3.63) is 0 Å². The lowest BCUT2D eigenvalue weighted by Crippen LogP contribution is -2.41. The number of nitrogens with one attached hydrogen (secondary N) is 1. The van der Waals surface area contributed by atoms with Crippen molar-refractivity contribution in [3.8, 4) is 0 Å². The fourth-order valence-electron chi connectivity index (χ4n) is 2.83. The van der Waals surface area contributed by atoms with Crippen LogP contribution >= 0.6 is 0 Å². The lowest BCUT2D eigenvalue weighted by atomic mass is 9.91. The predicted octanol–water partition coefficient (Wildman–Crippen LogP) is 3.59. The van der Waals surface area contributed by atoms with Gasteiger partial charge in [-0.1, -0.05) is 39.0 Å². The Morgan fingerprint density at radius 3 is 2.35 bits per heavy atom. The van der Waals surface area contributed by atoms with E-state index in [1.165, 1.54) is 64.2 Å². The Balaban J connectivity index is 1.98. The molecular weight excluding hydrogens is 208 g/mol. The summed E-state index contributed by atoms with van der Waals surface area (Å²) >= 11 is 0. The van der Waals surface area contributed by atoms with Crippen molar-refractivity contribution in [1.82, 2.24) is 5.32 Å². The van der Waals surface area contributed by atoms with Gasteiger partial charge in [0.2, 0.25) is 0 Å². The Hall–Kier alpha value is -0.0800. The third-order valence-corrected chi connectivity index (χ3v) is 4.03.